The van der Waals surface area contributed by atoms with E-state index >= 15 is 0 Å². The van der Waals surface area contributed by atoms with Gasteiger partial charge in [0.1, 0.15) is 10.6 Å². The van der Waals surface area contributed by atoms with E-state index in [0.29, 0.717) is 11.2 Å². The monoisotopic (exact) mass is 243 g/mol. The molecule has 1 rings (SSSR count). The van der Waals surface area contributed by atoms with Crippen LogP contribution in [-0.2, 0) is 6.54 Å². The molecule has 1 aromatic rings. The fourth-order valence-electron chi connectivity index (χ4n) is 0.951. The highest BCUT2D eigenvalue weighted by Gasteiger charge is 2.19. The lowest BCUT2D eigenvalue weighted by atomic mass is 10.1. The predicted molar refractivity (Wildman–Crippen MR) is 66.9 cm³/mol. The molecular formula is C11H21N3OS. The SMILES string of the molecule is CCC(C)(C)Oc1nnc(CNC(C)C)s1. The smallest absolute Gasteiger partial charge is 0.294 e. The lowest BCUT2D eigenvalue weighted by molar-refractivity contribution is 0.104. The van der Waals surface area contributed by atoms with E-state index in [1.54, 1.807) is 0 Å². The van der Waals surface area contributed by atoms with Crippen molar-refractivity contribution in [2.24, 2.45) is 0 Å². The van der Waals surface area contributed by atoms with Crippen molar-refractivity contribution in [1.29, 1.82) is 0 Å². The zero-order valence-corrected chi connectivity index (χ0v) is 11.5. The molecule has 4 nitrogen and oxygen atoms in total. The van der Waals surface area contributed by atoms with Gasteiger partial charge in [0.15, 0.2) is 0 Å². The predicted octanol–water partition coefficient (Wildman–Crippen LogP) is 2.60. The van der Waals surface area contributed by atoms with Gasteiger partial charge >= 0.3 is 0 Å². The van der Waals surface area contributed by atoms with E-state index in [1.165, 1.54) is 11.3 Å². The van der Waals surface area contributed by atoms with Crippen molar-refractivity contribution in [1.82, 2.24) is 15.5 Å². The first-order valence-corrected chi connectivity index (χ1v) is 6.49. The maximum absolute atomic E-state index is 5.76. The van der Waals surface area contributed by atoms with E-state index < -0.39 is 0 Å². The number of ether oxygens (including phenoxy) is 1. The van der Waals surface area contributed by atoms with Crippen LogP contribution in [0.3, 0.4) is 0 Å². The average molecular weight is 243 g/mol. The maximum atomic E-state index is 5.76. The third-order valence-electron chi connectivity index (χ3n) is 2.32. The van der Waals surface area contributed by atoms with Gasteiger partial charge in [-0.05, 0) is 20.3 Å². The number of hydrogen-bond acceptors (Lipinski definition) is 5. The molecule has 1 N–H and O–H groups in total. The molecule has 0 atom stereocenters. The molecule has 0 saturated heterocycles. The molecule has 92 valence electrons. The Kier molecular flexibility index (Phi) is 4.68. The van der Waals surface area contributed by atoms with E-state index in [9.17, 15) is 0 Å². The quantitative estimate of drug-likeness (QED) is 0.834. The van der Waals surface area contributed by atoms with Crippen LogP contribution < -0.4 is 10.1 Å². The van der Waals surface area contributed by atoms with Crippen LogP contribution in [0, 0.1) is 0 Å². The molecule has 0 aliphatic heterocycles. The van der Waals surface area contributed by atoms with Crippen LogP contribution in [0.5, 0.6) is 5.19 Å². The van der Waals surface area contributed by atoms with E-state index in [0.717, 1.165) is 18.0 Å². The van der Waals surface area contributed by atoms with Crippen molar-refractivity contribution < 1.29 is 4.74 Å². The molecule has 0 bridgehead atoms. The molecule has 0 spiro atoms. The fraction of sp³-hybridized carbons (Fsp3) is 0.818. The Balaban J connectivity index is 2.51. The summed E-state index contributed by atoms with van der Waals surface area (Å²) in [5, 5.41) is 13.1. The van der Waals surface area contributed by atoms with Gasteiger partial charge in [-0.1, -0.05) is 37.2 Å². The minimum absolute atomic E-state index is 0.164. The van der Waals surface area contributed by atoms with E-state index in [4.69, 9.17) is 4.74 Å². The Morgan fingerprint density at radius 3 is 2.62 bits per heavy atom. The first kappa shape index (κ1) is 13.4. The molecule has 1 heterocycles. The second kappa shape index (κ2) is 5.59. The molecule has 0 unspecified atom stereocenters. The van der Waals surface area contributed by atoms with Gasteiger partial charge in [-0.2, -0.15) is 0 Å². The lowest BCUT2D eigenvalue weighted by Gasteiger charge is -2.22. The zero-order chi connectivity index (χ0) is 12.2. The number of hydrogen-bond donors (Lipinski definition) is 1. The number of rotatable bonds is 6. The van der Waals surface area contributed by atoms with Crippen molar-refractivity contribution in [2.75, 3.05) is 0 Å². The van der Waals surface area contributed by atoms with Crippen molar-refractivity contribution in [2.45, 2.75) is 59.2 Å². The largest absolute Gasteiger partial charge is 0.463 e. The van der Waals surface area contributed by atoms with Gasteiger partial charge in [-0.3, -0.25) is 0 Å². The molecule has 0 radical (unpaired) electrons. The zero-order valence-electron chi connectivity index (χ0n) is 10.7. The first-order chi connectivity index (χ1) is 7.43. The van der Waals surface area contributed by atoms with Gasteiger partial charge < -0.3 is 10.1 Å². The van der Waals surface area contributed by atoms with Gasteiger partial charge in [0.25, 0.3) is 5.19 Å². The van der Waals surface area contributed by atoms with Crippen molar-refractivity contribution in [3.05, 3.63) is 5.01 Å². The number of nitrogens with one attached hydrogen (secondary N) is 1. The molecule has 0 fully saturated rings. The summed E-state index contributed by atoms with van der Waals surface area (Å²) in [6.07, 6.45) is 0.951. The highest BCUT2D eigenvalue weighted by Crippen LogP contribution is 2.24. The highest BCUT2D eigenvalue weighted by atomic mass is 32.1. The third kappa shape index (κ3) is 4.45. The Hall–Kier alpha value is -0.680. The first-order valence-electron chi connectivity index (χ1n) is 5.67. The second-order valence-electron chi connectivity index (χ2n) is 4.71. The summed E-state index contributed by atoms with van der Waals surface area (Å²) in [5.41, 5.74) is -0.164. The van der Waals surface area contributed by atoms with Crippen LogP contribution in [0.1, 0.15) is 46.0 Å². The summed E-state index contributed by atoms with van der Waals surface area (Å²) < 4.78 is 5.76. The van der Waals surface area contributed by atoms with Crippen LogP contribution in [0.25, 0.3) is 0 Å². The topological polar surface area (TPSA) is 47.0 Å². The molecular weight excluding hydrogens is 222 g/mol. The van der Waals surface area contributed by atoms with E-state index in [1.807, 2.05) is 0 Å². The maximum Gasteiger partial charge on any atom is 0.294 e. The standard InChI is InChI=1S/C11H21N3OS/c1-6-11(4,5)15-10-14-13-9(16-10)7-12-8(2)3/h8,12H,6-7H2,1-5H3. The van der Waals surface area contributed by atoms with Crippen LogP contribution in [0.15, 0.2) is 0 Å². The van der Waals surface area contributed by atoms with Gasteiger partial charge in [-0.15, -0.1) is 5.10 Å². The van der Waals surface area contributed by atoms with Crippen LogP contribution in [0.4, 0.5) is 0 Å². The molecule has 16 heavy (non-hydrogen) atoms. The Labute approximate surface area is 101 Å². The van der Waals surface area contributed by atoms with Crippen molar-refractivity contribution in [3.8, 4) is 5.19 Å². The second-order valence-corrected chi connectivity index (χ2v) is 5.74. The summed E-state index contributed by atoms with van der Waals surface area (Å²) in [7, 11) is 0. The van der Waals surface area contributed by atoms with Gasteiger partial charge in [-0.25, -0.2) is 0 Å². The fourth-order valence-corrected chi connectivity index (χ4v) is 1.74. The summed E-state index contributed by atoms with van der Waals surface area (Å²) >= 11 is 1.51. The van der Waals surface area contributed by atoms with Gasteiger partial charge in [0.05, 0.1) is 6.54 Å². The Morgan fingerprint density at radius 1 is 1.38 bits per heavy atom. The van der Waals surface area contributed by atoms with Crippen molar-refractivity contribution >= 4 is 11.3 Å². The third-order valence-corrected chi connectivity index (χ3v) is 3.13. The summed E-state index contributed by atoms with van der Waals surface area (Å²) in [4.78, 5) is 0. The van der Waals surface area contributed by atoms with Gasteiger partial charge in [0.2, 0.25) is 0 Å². The number of aromatic nitrogens is 2. The van der Waals surface area contributed by atoms with E-state index in [-0.39, 0.29) is 5.60 Å². The summed E-state index contributed by atoms with van der Waals surface area (Å²) in [5.74, 6) is 0. The molecule has 0 aliphatic carbocycles. The highest BCUT2D eigenvalue weighted by molar-refractivity contribution is 7.13. The summed E-state index contributed by atoms with van der Waals surface area (Å²) in [6, 6.07) is 0.459. The van der Waals surface area contributed by atoms with Crippen molar-refractivity contribution in [3.63, 3.8) is 0 Å². The van der Waals surface area contributed by atoms with Crippen LogP contribution >= 0.6 is 11.3 Å². The molecule has 0 aliphatic rings. The minimum Gasteiger partial charge on any atom is -0.463 e. The average Bonchev–Trinajstić information content (AvgIpc) is 2.62. The Morgan fingerprint density at radius 2 is 2.06 bits per heavy atom. The summed E-state index contributed by atoms with van der Waals surface area (Å²) in [6.45, 7) is 11.2. The molecule has 0 aromatic carbocycles. The Bertz CT molecular complexity index is 323. The molecule has 0 saturated carbocycles. The normalized spacial score (nSPS) is 12.1. The van der Waals surface area contributed by atoms with Crippen LogP contribution in [0.2, 0.25) is 0 Å². The lowest BCUT2D eigenvalue weighted by Crippen LogP contribution is -2.26. The number of nitrogens with zero attached hydrogens (tertiary/aromatic N) is 2. The molecule has 0 amide bonds. The molecule has 1 aromatic heterocycles. The van der Waals surface area contributed by atoms with Crippen LogP contribution in [-0.4, -0.2) is 21.8 Å². The molecule has 5 heteroatoms. The van der Waals surface area contributed by atoms with Gasteiger partial charge in [0, 0.05) is 6.04 Å². The van der Waals surface area contributed by atoms with E-state index in [2.05, 4.69) is 50.1 Å². The minimum atomic E-state index is -0.164.